The summed E-state index contributed by atoms with van der Waals surface area (Å²) in [5, 5.41) is 4.51. The molecule has 0 aromatic carbocycles. The minimum Gasteiger partial charge on any atom is -0.477 e. The number of halogens is 3. The van der Waals surface area contributed by atoms with Crippen molar-refractivity contribution in [3.63, 3.8) is 0 Å². The summed E-state index contributed by atoms with van der Waals surface area (Å²) in [5.74, 6) is 0. The summed E-state index contributed by atoms with van der Waals surface area (Å²) in [6.45, 7) is 1.70. The van der Waals surface area contributed by atoms with E-state index in [4.69, 9.17) is 39.5 Å². The van der Waals surface area contributed by atoms with E-state index in [1.54, 1.807) is 0 Å². The van der Waals surface area contributed by atoms with E-state index in [1.165, 1.54) is 11.3 Å². The molecule has 2 heterocycles. The molecule has 0 bridgehead atoms. The largest absolute Gasteiger partial charge is 0.477 e. The van der Waals surface area contributed by atoms with Crippen LogP contribution in [0.2, 0.25) is 14.4 Å². The summed E-state index contributed by atoms with van der Waals surface area (Å²) in [7, 11) is 0. The molecule has 1 aliphatic heterocycles. The molecular formula is C7H6Cl3NOS. The van der Waals surface area contributed by atoms with Crippen LogP contribution in [0.5, 0.6) is 5.06 Å². The van der Waals surface area contributed by atoms with E-state index in [0.717, 1.165) is 13.1 Å². The van der Waals surface area contributed by atoms with Gasteiger partial charge in [-0.3, -0.25) is 0 Å². The predicted octanol–water partition coefficient (Wildman–Crippen LogP) is 3.06. The normalized spacial score (nSPS) is 17.2. The fourth-order valence-electron chi connectivity index (χ4n) is 0.920. The second kappa shape index (κ2) is 3.83. The van der Waals surface area contributed by atoms with E-state index < -0.39 is 0 Å². The Labute approximate surface area is 94.7 Å². The lowest BCUT2D eigenvalue weighted by molar-refractivity contribution is 0.147. The quantitative estimate of drug-likeness (QED) is 0.880. The van der Waals surface area contributed by atoms with Gasteiger partial charge in [0.05, 0.1) is 5.02 Å². The highest BCUT2D eigenvalue weighted by atomic mass is 35.5. The van der Waals surface area contributed by atoms with Gasteiger partial charge in [-0.15, -0.1) is 0 Å². The minimum absolute atomic E-state index is 0.197. The van der Waals surface area contributed by atoms with Gasteiger partial charge in [-0.2, -0.15) is 0 Å². The number of hydrogen-bond acceptors (Lipinski definition) is 3. The van der Waals surface area contributed by atoms with Crippen molar-refractivity contribution >= 4 is 46.1 Å². The van der Waals surface area contributed by atoms with Crippen LogP contribution in [0.25, 0.3) is 0 Å². The first-order valence-electron chi connectivity index (χ1n) is 3.69. The van der Waals surface area contributed by atoms with Crippen molar-refractivity contribution in [1.82, 2.24) is 5.32 Å². The number of hydrogen-bond donors (Lipinski definition) is 1. The van der Waals surface area contributed by atoms with E-state index in [1.807, 2.05) is 0 Å². The minimum atomic E-state index is 0.197. The molecule has 0 aliphatic carbocycles. The van der Waals surface area contributed by atoms with Crippen LogP contribution in [0.4, 0.5) is 0 Å². The molecule has 1 aromatic rings. The van der Waals surface area contributed by atoms with Crippen molar-refractivity contribution in [2.24, 2.45) is 0 Å². The Morgan fingerprint density at radius 3 is 2.31 bits per heavy atom. The maximum atomic E-state index is 5.89. The molecule has 72 valence electrons. The maximum absolute atomic E-state index is 5.89. The zero-order chi connectivity index (χ0) is 9.42. The van der Waals surface area contributed by atoms with Crippen molar-refractivity contribution in [2.75, 3.05) is 13.1 Å². The summed E-state index contributed by atoms with van der Waals surface area (Å²) in [5.41, 5.74) is 0. The Balaban J connectivity index is 2.14. The molecule has 1 aromatic heterocycles. The van der Waals surface area contributed by atoms with Gasteiger partial charge in [0.1, 0.15) is 15.5 Å². The Morgan fingerprint density at radius 1 is 1.23 bits per heavy atom. The molecule has 0 atom stereocenters. The van der Waals surface area contributed by atoms with Crippen molar-refractivity contribution in [1.29, 1.82) is 0 Å². The molecule has 2 rings (SSSR count). The Morgan fingerprint density at radius 2 is 1.92 bits per heavy atom. The van der Waals surface area contributed by atoms with Crippen LogP contribution >= 0.6 is 46.1 Å². The Kier molecular flexibility index (Phi) is 2.91. The van der Waals surface area contributed by atoms with Gasteiger partial charge < -0.3 is 10.1 Å². The van der Waals surface area contributed by atoms with Gasteiger partial charge in [0.2, 0.25) is 0 Å². The second-order valence-corrected chi connectivity index (χ2v) is 5.03. The molecule has 13 heavy (non-hydrogen) atoms. The van der Waals surface area contributed by atoms with Gasteiger partial charge in [-0.25, -0.2) is 0 Å². The van der Waals surface area contributed by atoms with Gasteiger partial charge in [-0.05, 0) is 0 Å². The fraction of sp³-hybridized carbons (Fsp3) is 0.429. The van der Waals surface area contributed by atoms with Gasteiger partial charge in [0, 0.05) is 13.1 Å². The van der Waals surface area contributed by atoms with Gasteiger partial charge >= 0.3 is 0 Å². The third-order valence-electron chi connectivity index (χ3n) is 1.74. The van der Waals surface area contributed by atoms with Gasteiger partial charge in [0.25, 0.3) is 0 Å². The molecule has 2 nitrogen and oxygen atoms in total. The molecule has 1 fully saturated rings. The van der Waals surface area contributed by atoms with E-state index in [9.17, 15) is 0 Å². The first-order chi connectivity index (χ1) is 6.18. The number of thiophene rings is 1. The van der Waals surface area contributed by atoms with E-state index >= 15 is 0 Å². The van der Waals surface area contributed by atoms with Crippen LogP contribution in [0.1, 0.15) is 0 Å². The molecule has 1 saturated heterocycles. The lowest BCUT2D eigenvalue weighted by atomic mass is 10.2. The molecule has 0 spiro atoms. The number of nitrogens with one attached hydrogen (secondary N) is 1. The molecule has 1 N–H and O–H groups in total. The zero-order valence-electron chi connectivity index (χ0n) is 6.44. The van der Waals surface area contributed by atoms with Crippen LogP contribution < -0.4 is 10.1 Å². The molecule has 1 aliphatic rings. The summed E-state index contributed by atoms with van der Waals surface area (Å²) in [6, 6.07) is 0. The van der Waals surface area contributed by atoms with Crippen LogP contribution in [0.3, 0.4) is 0 Å². The summed E-state index contributed by atoms with van der Waals surface area (Å²) >= 11 is 18.7. The van der Waals surface area contributed by atoms with Crippen molar-refractivity contribution < 1.29 is 4.74 Å². The van der Waals surface area contributed by atoms with Crippen molar-refractivity contribution in [3.8, 4) is 5.06 Å². The van der Waals surface area contributed by atoms with Crippen molar-refractivity contribution in [2.45, 2.75) is 6.10 Å². The first-order valence-corrected chi connectivity index (χ1v) is 5.64. The lowest BCUT2D eigenvalue weighted by Crippen LogP contribution is -2.50. The standard InChI is InChI=1S/C7H6Cl3NOS/c8-4-5(9)7(13-6(4)10)12-3-1-11-2-3/h3,11H,1-2H2. The topological polar surface area (TPSA) is 21.3 Å². The van der Waals surface area contributed by atoms with E-state index in [0.29, 0.717) is 19.4 Å². The highest BCUT2D eigenvalue weighted by molar-refractivity contribution is 7.19. The van der Waals surface area contributed by atoms with E-state index in [2.05, 4.69) is 5.32 Å². The molecule has 0 radical (unpaired) electrons. The smallest absolute Gasteiger partial charge is 0.196 e. The Hall–Kier alpha value is 0.330. The highest BCUT2D eigenvalue weighted by Gasteiger charge is 2.22. The summed E-state index contributed by atoms with van der Waals surface area (Å²) in [4.78, 5) is 0. The van der Waals surface area contributed by atoms with Gasteiger partial charge in [-0.1, -0.05) is 46.1 Å². The zero-order valence-corrected chi connectivity index (χ0v) is 9.53. The predicted molar refractivity (Wildman–Crippen MR) is 56.6 cm³/mol. The molecule has 0 amide bonds. The molecular weight excluding hydrogens is 253 g/mol. The van der Waals surface area contributed by atoms with E-state index in [-0.39, 0.29) is 6.10 Å². The lowest BCUT2D eigenvalue weighted by Gasteiger charge is -2.27. The average Bonchev–Trinajstić information content (AvgIpc) is 2.26. The van der Waals surface area contributed by atoms with Crippen LogP contribution in [0, 0.1) is 0 Å². The maximum Gasteiger partial charge on any atom is 0.196 e. The van der Waals surface area contributed by atoms with Crippen molar-refractivity contribution in [3.05, 3.63) is 14.4 Å². The number of rotatable bonds is 2. The van der Waals surface area contributed by atoms with Crippen LogP contribution in [0.15, 0.2) is 0 Å². The monoisotopic (exact) mass is 257 g/mol. The second-order valence-electron chi connectivity index (χ2n) is 2.69. The summed E-state index contributed by atoms with van der Waals surface area (Å²) < 4.78 is 6.02. The highest BCUT2D eigenvalue weighted by Crippen LogP contribution is 2.46. The SMILES string of the molecule is Clc1sc(OC2CNC2)c(Cl)c1Cl. The Bertz CT molecular complexity index is 324. The number of ether oxygens (including phenoxy) is 1. The first kappa shape index (κ1) is 9.87. The van der Waals surface area contributed by atoms with Crippen LogP contribution in [-0.4, -0.2) is 19.2 Å². The third kappa shape index (κ3) is 1.90. The fourth-order valence-corrected chi connectivity index (χ4v) is 2.57. The summed E-state index contributed by atoms with van der Waals surface area (Å²) in [6.07, 6.45) is 0.197. The molecule has 0 saturated carbocycles. The van der Waals surface area contributed by atoms with Crippen LogP contribution in [-0.2, 0) is 0 Å². The average molecular weight is 259 g/mol. The third-order valence-corrected chi connectivity index (χ3v) is 4.19. The molecule has 0 unspecified atom stereocenters. The van der Waals surface area contributed by atoms with Gasteiger partial charge in [0.15, 0.2) is 5.06 Å². The molecule has 6 heteroatoms.